The van der Waals surface area contributed by atoms with Gasteiger partial charge in [-0.15, -0.1) is 0 Å². The van der Waals surface area contributed by atoms with E-state index in [4.69, 9.17) is 14.2 Å². The lowest BCUT2D eigenvalue weighted by molar-refractivity contribution is -0.158. The second-order valence-electron chi connectivity index (χ2n) is 7.00. The Morgan fingerprint density at radius 2 is 1.89 bits per heavy atom. The molecule has 1 fully saturated rings. The lowest BCUT2D eigenvalue weighted by atomic mass is 10.1. The van der Waals surface area contributed by atoms with Crippen LogP contribution in [0, 0.1) is 6.92 Å². The van der Waals surface area contributed by atoms with Gasteiger partial charge in [0.1, 0.15) is 18.4 Å². The van der Waals surface area contributed by atoms with Crippen LogP contribution in [0.25, 0.3) is 0 Å². The van der Waals surface area contributed by atoms with E-state index < -0.39 is 6.04 Å². The van der Waals surface area contributed by atoms with E-state index in [-0.39, 0.29) is 18.2 Å². The summed E-state index contributed by atoms with van der Waals surface area (Å²) in [4.78, 5) is 13.2. The Morgan fingerprint density at radius 3 is 2.57 bits per heavy atom. The standard InChI is InChI=1S/C22H27NO4S/c1-15-7-5-6-8-18(15)14-26-19-9-11-20(12-10-19)28-23-13-16(2)27-17(3)21(23)22(24)25-4/h5-12,16-17,21H,13-14H2,1-4H3/t16-,17-,21+/m0/s1. The van der Waals surface area contributed by atoms with Gasteiger partial charge in [0.2, 0.25) is 0 Å². The highest BCUT2D eigenvalue weighted by Gasteiger charge is 2.39. The van der Waals surface area contributed by atoms with Gasteiger partial charge in [0.25, 0.3) is 0 Å². The molecule has 1 aliphatic rings. The van der Waals surface area contributed by atoms with E-state index in [1.54, 1.807) is 11.9 Å². The van der Waals surface area contributed by atoms with E-state index in [1.807, 2.05) is 54.6 Å². The molecule has 0 N–H and O–H groups in total. The van der Waals surface area contributed by atoms with Crippen molar-refractivity contribution in [3.05, 3.63) is 59.7 Å². The zero-order valence-electron chi connectivity index (χ0n) is 16.8. The predicted octanol–water partition coefficient (Wildman–Crippen LogP) is 4.23. The SMILES string of the molecule is COC(=O)[C@H]1[C@H](C)O[C@@H](C)CN1Sc1ccc(OCc2ccccc2C)cc1. The van der Waals surface area contributed by atoms with Gasteiger partial charge in [0.15, 0.2) is 0 Å². The molecule has 2 aromatic rings. The summed E-state index contributed by atoms with van der Waals surface area (Å²) in [6.45, 7) is 7.20. The molecule has 1 saturated heterocycles. The van der Waals surface area contributed by atoms with Crippen molar-refractivity contribution in [2.75, 3.05) is 13.7 Å². The number of carbonyl (C=O) groups is 1. The summed E-state index contributed by atoms with van der Waals surface area (Å²) < 4.78 is 18.7. The summed E-state index contributed by atoms with van der Waals surface area (Å²) in [7, 11) is 1.41. The van der Waals surface area contributed by atoms with Crippen molar-refractivity contribution in [2.24, 2.45) is 0 Å². The maximum atomic E-state index is 12.2. The number of aryl methyl sites for hydroxylation is 1. The van der Waals surface area contributed by atoms with Crippen LogP contribution in [-0.2, 0) is 20.9 Å². The van der Waals surface area contributed by atoms with Crippen LogP contribution in [0.3, 0.4) is 0 Å². The van der Waals surface area contributed by atoms with Gasteiger partial charge in [-0.2, -0.15) is 0 Å². The van der Waals surface area contributed by atoms with Crippen LogP contribution in [0.4, 0.5) is 0 Å². The molecule has 150 valence electrons. The highest BCUT2D eigenvalue weighted by Crippen LogP contribution is 2.32. The topological polar surface area (TPSA) is 48.0 Å². The molecule has 0 spiro atoms. The molecule has 0 amide bonds. The van der Waals surface area contributed by atoms with E-state index in [2.05, 4.69) is 19.1 Å². The molecule has 1 aliphatic heterocycles. The summed E-state index contributed by atoms with van der Waals surface area (Å²) >= 11 is 1.55. The average Bonchev–Trinajstić information content (AvgIpc) is 2.67. The van der Waals surface area contributed by atoms with E-state index in [1.165, 1.54) is 18.2 Å². The molecule has 1 heterocycles. The summed E-state index contributed by atoms with van der Waals surface area (Å²) in [5.41, 5.74) is 2.40. The Morgan fingerprint density at radius 1 is 1.18 bits per heavy atom. The third kappa shape index (κ3) is 5.07. The first kappa shape index (κ1) is 20.7. The highest BCUT2D eigenvalue weighted by atomic mass is 32.2. The van der Waals surface area contributed by atoms with Crippen molar-refractivity contribution in [3.8, 4) is 5.75 Å². The first-order valence-electron chi connectivity index (χ1n) is 9.43. The van der Waals surface area contributed by atoms with E-state index in [0.717, 1.165) is 10.6 Å². The fourth-order valence-corrected chi connectivity index (χ4v) is 4.46. The first-order valence-corrected chi connectivity index (χ1v) is 10.2. The smallest absolute Gasteiger partial charge is 0.326 e. The molecule has 0 bridgehead atoms. The average molecular weight is 402 g/mol. The van der Waals surface area contributed by atoms with E-state index >= 15 is 0 Å². The number of morpholine rings is 1. The fraction of sp³-hybridized carbons (Fsp3) is 0.409. The number of methoxy groups -OCH3 is 1. The number of hydrogen-bond donors (Lipinski definition) is 0. The van der Waals surface area contributed by atoms with Crippen LogP contribution in [0.2, 0.25) is 0 Å². The van der Waals surface area contributed by atoms with Crippen LogP contribution >= 0.6 is 11.9 Å². The van der Waals surface area contributed by atoms with Gasteiger partial charge in [0.05, 0.1) is 19.3 Å². The largest absolute Gasteiger partial charge is 0.489 e. The number of esters is 1. The van der Waals surface area contributed by atoms with Crippen LogP contribution in [-0.4, -0.2) is 42.2 Å². The quantitative estimate of drug-likeness (QED) is 0.533. The van der Waals surface area contributed by atoms with Crippen molar-refractivity contribution >= 4 is 17.9 Å². The fourth-order valence-electron chi connectivity index (χ4n) is 3.27. The zero-order valence-corrected chi connectivity index (χ0v) is 17.6. The Balaban J connectivity index is 1.64. The summed E-state index contributed by atoms with van der Waals surface area (Å²) in [5, 5.41) is 0. The minimum Gasteiger partial charge on any atom is -0.489 e. The van der Waals surface area contributed by atoms with E-state index in [9.17, 15) is 4.79 Å². The molecule has 3 rings (SSSR count). The Bertz CT molecular complexity index is 795. The molecule has 2 aromatic carbocycles. The molecule has 3 atom stereocenters. The minimum atomic E-state index is -0.428. The molecule has 5 nitrogen and oxygen atoms in total. The Kier molecular flexibility index (Phi) is 6.99. The third-order valence-electron chi connectivity index (χ3n) is 4.78. The Labute approximate surface area is 171 Å². The number of rotatable bonds is 6. The van der Waals surface area contributed by atoms with Gasteiger partial charge < -0.3 is 14.2 Å². The van der Waals surface area contributed by atoms with Crippen LogP contribution in [0.15, 0.2) is 53.4 Å². The normalized spacial score (nSPS) is 22.6. The lowest BCUT2D eigenvalue weighted by Gasteiger charge is -2.40. The second kappa shape index (κ2) is 9.45. The van der Waals surface area contributed by atoms with Crippen molar-refractivity contribution in [1.29, 1.82) is 0 Å². The van der Waals surface area contributed by atoms with Crippen molar-refractivity contribution in [2.45, 2.75) is 50.5 Å². The van der Waals surface area contributed by atoms with Crippen molar-refractivity contribution < 1.29 is 19.0 Å². The molecular formula is C22H27NO4S. The van der Waals surface area contributed by atoms with Gasteiger partial charge >= 0.3 is 5.97 Å². The molecular weight excluding hydrogens is 374 g/mol. The monoisotopic (exact) mass is 401 g/mol. The van der Waals surface area contributed by atoms with Gasteiger partial charge in [-0.25, -0.2) is 4.31 Å². The molecule has 6 heteroatoms. The molecule has 0 aliphatic carbocycles. The predicted molar refractivity (Wildman–Crippen MR) is 110 cm³/mol. The highest BCUT2D eigenvalue weighted by molar-refractivity contribution is 7.97. The van der Waals surface area contributed by atoms with E-state index in [0.29, 0.717) is 13.2 Å². The number of benzene rings is 2. The van der Waals surface area contributed by atoms with Crippen LogP contribution < -0.4 is 4.74 Å². The van der Waals surface area contributed by atoms with Gasteiger partial charge in [-0.1, -0.05) is 24.3 Å². The van der Waals surface area contributed by atoms with Crippen LogP contribution in [0.5, 0.6) is 5.75 Å². The number of carbonyl (C=O) groups excluding carboxylic acids is 1. The summed E-state index contributed by atoms with van der Waals surface area (Å²) in [6, 6.07) is 15.7. The zero-order chi connectivity index (χ0) is 20.1. The summed E-state index contributed by atoms with van der Waals surface area (Å²) in [6.07, 6.45) is -0.166. The maximum Gasteiger partial charge on any atom is 0.326 e. The number of hydrogen-bond acceptors (Lipinski definition) is 6. The molecule has 0 radical (unpaired) electrons. The van der Waals surface area contributed by atoms with Crippen molar-refractivity contribution in [1.82, 2.24) is 4.31 Å². The van der Waals surface area contributed by atoms with Crippen molar-refractivity contribution in [3.63, 3.8) is 0 Å². The van der Waals surface area contributed by atoms with Crippen LogP contribution in [0.1, 0.15) is 25.0 Å². The Hall–Kier alpha value is -2.02. The molecule has 0 unspecified atom stereocenters. The van der Waals surface area contributed by atoms with Gasteiger partial charge in [-0.3, -0.25) is 4.79 Å². The number of ether oxygens (including phenoxy) is 3. The number of nitrogens with zero attached hydrogens (tertiary/aromatic N) is 1. The first-order chi connectivity index (χ1) is 13.5. The minimum absolute atomic E-state index is 0.0557. The third-order valence-corrected chi connectivity index (χ3v) is 5.88. The lowest BCUT2D eigenvalue weighted by Crippen LogP contribution is -2.54. The van der Waals surface area contributed by atoms with Gasteiger partial charge in [0, 0.05) is 11.4 Å². The summed E-state index contributed by atoms with van der Waals surface area (Å²) in [5.74, 6) is 0.547. The molecule has 28 heavy (non-hydrogen) atoms. The van der Waals surface area contributed by atoms with Gasteiger partial charge in [-0.05, 0) is 68.1 Å². The molecule has 0 saturated carbocycles. The molecule has 0 aromatic heterocycles. The maximum absolute atomic E-state index is 12.2. The second-order valence-corrected chi connectivity index (χ2v) is 8.12.